The van der Waals surface area contributed by atoms with Crippen LogP contribution in [0.4, 0.5) is 0 Å². The molecule has 19 heavy (non-hydrogen) atoms. The fourth-order valence-electron chi connectivity index (χ4n) is 2.39. The minimum absolute atomic E-state index is 0.0598. The van der Waals surface area contributed by atoms with Gasteiger partial charge in [0, 0.05) is 5.56 Å². The van der Waals surface area contributed by atoms with Gasteiger partial charge < -0.3 is 0 Å². The van der Waals surface area contributed by atoms with Crippen molar-refractivity contribution in [1.82, 2.24) is 0 Å². The van der Waals surface area contributed by atoms with Crippen molar-refractivity contribution in [3.63, 3.8) is 0 Å². The molecule has 1 heteroatoms. The summed E-state index contributed by atoms with van der Waals surface area (Å²) < 4.78 is 0. The second kappa shape index (κ2) is 7.08. The molecule has 0 bridgehead atoms. The molecule has 0 aromatic heterocycles. The molecule has 0 amide bonds. The van der Waals surface area contributed by atoms with Crippen molar-refractivity contribution in [2.24, 2.45) is 5.92 Å². The standard InChI is InChI=1S/C18H22O/c1-2-3-4-5-8-15-11-13-17(14-12-15)18(19)16-9-6-7-10-16/h6-7,9-14,16H,2-5,8H2,1H3. The van der Waals surface area contributed by atoms with Crippen molar-refractivity contribution in [1.29, 1.82) is 0 Å². The molecular formula is C18H22O. The third-order valence-corrected chi connectivity index (χ3v) is 3.61. The zero-order chi connectivity index (χ0) is 13.5. The second-order valence-corrected chi connectivity index (χ2v) is 5.17. The first-order valence-electron chi connectivity index (χ1n) is 7.29. The van der Waals surface area contributed by atoms with E-state index >= 15 is 0 Å². The van der Waals surface area contributed by atoms with E-state index in [0.717, 1.165) is 12.0 Å². The smallest absolute Gasteiger partial charge is 0.173 e. The van der Waals surface area contributed by atoms with E-state index in [1.165, 1.54) is 31.2 Å². The molecule has 2 rings (SSSR count). The number of carbonyl (C=O) groups excluding carboxylic acids is 1. The van der Waals surface area contributed by atoms with E-state index in [-0.39, 0.29) is 11.7 Å². The monoisotopic (exact) mass is 254 g/mol. The maximum absolute atomic E-state index is 12.2. The van der Waals surface area contributed by atoms with Crippen molar-refractivity contribution in [3.8, 4) is 0 Å². The van der Waals surface area contributed by atoms with Gasteiger partial charge in [0.2, 0.25) is 0 Å². The largest absolute Gasteiger partial charge is 0.293 e. The number of aryl methyl sites for hydroxylation is 1. The molecule has 0 atom stereocenters. The van der Waals surface area contributed by atoms with Crippen LogP contribution in [0.3, 0.4) is 0 Å². The van der Waals surface area contributed by atoms with Crippen LogP contribution in [0.25, 0.3) is 0 Å². The van der Waals surface area contributed by atoms with E-state index in [9.17, 15) is 4.79 Å². The van der Waals surface area contributed by atoms with Crippen LogP contribution >= 0.6 is 0 Å². The highest BCUT2D eigenvalue weighted by Crippen LogP contribution is 2.17. The number of unbranched alkanes of at least 4 members (excludes halogenated alkanes) is 3. The summed E-state index contributed by atoms with van der Waals surface area (Å²) in [6.07, 6.45) is 14.0. The van der Waals surface area contributed by atoms with E-state index in [0.29, 0.717) is 0 Å². The average molecular weight is 254 g/mol. The summed E-state index contributed by atoms with van der Waals surface area (Å²) >= 11 is 0. The van der Waals surface area contributed by atoms with Crippen LogP contribution in [-0.4, -0.2) is 5.78 Å². The van der Waals surface area contributed by atoms with Gasteiger partial charge in [-0.05, 0) is 18.4 Å². The third kappa shape index (κ3) is 3.92. The number of rotatable bonds is 7. The summed E-state index contributed by atoms with van der Waals surface area (Å²) in [4.78, 5) is 12.2. The maximum Gasteiger partial charge on any atom is 0.173 e. The van der Waals surface area contributed by atoms with Crippen molar-refractivity contribution >= 4 is 5.78 Å². The van der Waals surface area contributed by atoms with Gasteiger partial charge >= 0.3 is 0 Å². The molecule has 100 valence electrons. The zero-order valence-electron chi connectivity index (χ0n) is 11.6. The van der Waals surface area contributed by atoms with Crippen molar-refractivity contribution in [3.05, 3.63) is 59.7 Å². The van der Waals surface area contributed by atoms with Gasteiger partial charge in [-0.25, -0.2) is 0 Å². The van der Waals surface area contributed by atoms with Crippen LogP contribution in [0, 0.1) is 5.92 Å². The predicted molar refractivity (Wildman–Crippen MR) is 80.4 cm³/mol. The molecule has 1 nitrogen and oxygen atoms in total. The van der Waals surface area contributed by atoms with E-state index in [1.54, 1.807) is 0 Å². The molecule has 1 aliphatic carbocycles. The number of benzene rings is 1. The molecule has 0 heterocycles. The quantitative estimate of drug-likeness (QED) is 0.507. The molecule has 1 aromatic rings. The van der Waals surface area contributed by atoms with Gasteiger partial charge in [-0.2, -0.15) is 0 Å². The minimum atomic E-state index is -0.0598. The maximum atomic E-state index is 12.2. The van der Waals surface area contributed by atoms with Crippen LogP contribution in [0.15, 0.2) is 48.6 Å². The summed E-state index contributed by atoms with van der Waals surface area (Å²) in [5.74, 6) is 0.137. The van der Waals surface area contributed by atoms with E-state index in [4.69, 9.17) is 0 Å². The Morgan fingerprint density at radius 1 is 1.00 bits per heavy atom. The van der Waals surface area contributed by atoms with Gasteiger partial charge in [0.05, 0.1) is 5.92 Å². The average Bonchev–Trinajstić information content (AvgIpc) is 2.98. The summed E-state index contributed by atoms with van der Waals surface area (Å²) in [6, 6.07) is 8.14. The number of hydrogen-bond acceptors (Lipinski definition) is 1. The molecule has 0 fully saturated rings. The van der Waals surface area contributed by atoms with Gasteiger partial charge in [0.25, 0.3) is 0 Å². The second-order valence-electron chi connectivity index (χ2n) is 5.17. The van der Waals surface area contributed by atoms with Gasteiger partial charge in [-0.1, -0.05) is 74.8 Å². The molecule has 0 radical (unpaired) electrons. The van der Waals surface area contributed by atoms with Crippen molar-refractivity contribution in [2.45, 2.75) is 39.0 Å². The lowest BCUT2D eigenvalue weighted by Gasteiger charge is -2.06. The Hall–Kier alpha value is -1.63. The Morgan fingerprint density at radius 3 is 2.32 bits per heavy atom. The Balaban J connectivity index is 1.89. The Labute approximate surface area is 116 Å². The fourth-order valence-corrected chi connectivity index (χ4v) is 2.39. The van der Waals surface area contributed by atoms with Gasteiger partial charge in [-0.3, -0.25) is 4.79 Å². The van der Waals surface area contributed by atoms with Crippen LogP contribution in [0.1, 0.15) is 48.5 Å². The SMILES string of the molecule is CCCCCCc1ccc(C(=O)C2C=CC=C2)cc1. The molecule has 0 saturated carbocycles. The molecule has 0 saturated heterocycles. The molecule has 0 spiro atoms. The summed E-state index contributed by atoms with van der Waals surface area (Å²) in [5, 5.41) is 0. The highest BCUT2D eigenvalue weighted by atomic mass is 16.1. The Kier molecular flexibility index (Phi) is 5.14. The van der Waals surface area contributed by atoms with Crippen LogP contribution < -0.4 is 0 Å². The summed E-state index contributed by atoms with van der Waals surface area (Å²) in [7, 11) is 0. The normalized spacial score (nSPS) is 14.2. The van der Waals surface area contributed by atoms with E-state index < -0.39 is 0 Å². The van der Waals surface area contributed by atoms with Crippen LogP contribution in [0.2, 0.25) is 0 Å². The van der Waals surface area contributed by atoms with Crippen molar-refractivity contribution in [2.75, 3.05) is 0 Å². The lowest BCUT2D eigenvalue weighted by molar-refractivity contribution is 0.0966. The number of allylic oxidation sites excluding steroid dienone is 4. The number of ketones is 1. The van der Waals surface area contributed by atoms with Gasteiger partial charge in [-0.15, -0.1) is 0 Å². The van der Waals surface area contributed by atoms with Crippen LogP contribution in [0.5, 0.6) is 0 Å². The Bertz CT molecular complexity index is 453. The molecule has 1 aromatic carbocycles. The van der Waals surface area contributed by atoms with Gasteiger partial charge in [0.15, 0.2) is 5.78 Å². The molecule has 0 unspecified atom stereocenters. The van der Waals surface area contributed by atoms with E-state index in [2.05, 4.69) is 19.1 Å². The predicted octanol–water partition coefficient (Wildman–Crippen LogP) is 4.73. The molecule has 0 aliphatic heterocycles. The molecule has 0 N–H and O–H groups in total. The highest BCUT2D eigenvalue weighted by Gasteiger charge is 2.15. The molecular weight excluding hydrogens is 232 g/mol. The van der Waals surface area contributed by atoms with Gasteiger partial charge in [0.1, 0.15) is 0 Å². The lowest BCUT2D eigenvalue weighted by atomic mass is 9.97. The van der Waals surface area contributed by atoms with Crippen LogP contribution in [-0.2, 0) is 6.42 Å². The molecule has 1 aliphatic rings. The minimum Gasteiger partial charge on any atom is -0.293 e. The number of hydrogen-bond donors (Lipinski definition) is 0. The third-order valence-electron chi connectivity index (χ3n) is 3.61. The Morgan fingerprint density at radius 2 is 1.68 bits per heavy atom. The fraction of sp³-hybridized carbons (Fsp3) is 0.389. The zero-order valence-corrected chi connectivity index (χ0v) is 11.6. The first kappa shape index (κ1) is 13.8. The topological polar surface area (TPSA) is 17.1 Å². The summed E-state index contributed by atoms with van der Waals surface area (Å²) in [6.45, 7) is 2.23. The summed E-state index contributed by atoms with van der Waals surface area (Å²) in [5.41, 5.74) is 2.16. The highest BCUT2D eigenvalue weighted by molar-refractivity contribution is 6.00. The number of carbonyl (C=O) groups is 1. The lowest BCUT2D eigenvalue weighted by Crippen LogP contribution is -2.08. The first-order valence-corrected chi connectivity index (χ1v) is 7.29. The first-order chi connectivity index (χ1) is 9.31. The van der Waals surface area contributed by atoms with E-state index in [1.807, 2.05) is 36.4 Å². The van der Waals surface area contributed by atoms with Crippen molar-refractivity contribution < 1.29 is 4.79 Å². The number of Topliss-reactive ketones (excluding diaryl/α,β-unsaturated/α-hetero) is 1.